The Morgan fingerprint density at radius 1 is 1.46 bits per heavy atom. The molecule has 0 aromatic heterocycles. The zero-order valence-corrected chi connectivity index (χ0v) is 8.09. The molecule has 0 bridgehead atoms. The molecule has 13 heavy (non-hydrogen) atoms. The van der Waals surface area contributed by atoms with Crippen molar-refractivity contribution in [3.63, 3.8) is 0 Å². The van der Waals surface area contributed by atoms with Gasteiger partial charge in [-0.2, -0.15) is 0 Å². The van der Waals surface area contributed by atoms with Gasteiger partial charge in [-0.3, -0.25) is 9.78 Å². The molecule has 0 N–H and O–H groups in total. The van der Waals surface area contributed by atoms with E-state index in [-0.39, 0.29) is 0 Å². The average molecular weight is 201 g/mol. The highest BCUT2D eigenvalue weighted by molar-refractivity contribution is 6.32. The quantitative estimate of drug-likeness (QED) is 0.544. The lowest BCUT2D eigenvalue weighted by Crippen LogP contribution is -2.03. The Kier molecular flexibility index (Phi) is 3.14. The Morgan fingerprint density at radius 2 is 2.15 bits per heavy atom. The molecular formula is C9H9ClO3. The maximum Gasteiger partial charge on any atom is 0.352 e. The summed E-state index contributed by atoms with van der Waals surface area (Å²) in [7, 11) is 0. The molecule has 1 rings (SSSR count). The summed E-state index contributed by atoms with van der Waals surface area (Å²) in [5.74, 6) is -0.181. The molecule has 0 unspecified atom stereocenters. The molecule has 0 aliphatic heterocycles. The van der Waals surface area contributed by atoms with E-state index in [0.717, 1.165) is 5.56 Å². The molecule has 0 aliphatic rings. The van der Waals surface area contributed by atoms with E-state index in [9.17, 15) is 4.79 Å². The minimum Gasteiger partial charge on any atom is -0.285 e. The SMILES string of the molecule is CC(=O)OOc1ccc(C)cc1Cl. The molecule has 0 atom stereocenters. The summed E-state index contributed by atoms with van der Waals surface area (Å²) in [4.78, 5) is 19.4. The third-order valence-corrected chi connectivity index (χ3v) is 1.63. The van der Waals surface area contributed by atoms with Gasteiger partial charge in [0.25, 0.3) is 0 Å². The summed E-state index contributed by atoms with van der Waals surface area (Å²) in [6.45, 7) is 3.16. The van der Waals surface area contributed by atoms with E-state index in [1.807, 2.05) is 13.0 Å². The van der Waals surface area contributed by atoms with Crippen LogP contribution in [0.5, 0.6) is 5.75 Å². The first-order valence-electron chi connectivity index (χ1n) is 3.71. The van der Waals surface area contributed by atoms with Crippen LogP contribution in [0.2, 0.25) is 5.02 Å². The molecule has 1 aromatic carbocycles. The van der Waals surface area contributed by atoms with E-state index in [4.69, 9.17) is 11.6 Å². The van der Waals surface area contributed by atoms with Crippen LogP contribution in [0.15, 0.2) is 18.2 Å². The predicted octanol–water partition coefficient (Wildman–Crippen LogP) is 2.51. The maximum atomic E-state index is 10.4. The normalized spacial score (nSPS) is 9.46. The van der Waals surface area contributed by atoms with Crippen molar-refractivity contribution in [2.45, 2.75) is 13.8 Å². The summed E-state index contributed by atoms with van der Waals surface area (Å²) < 4.78 is 0. The number of carbonyl (C=O) groups is 1. The fraction of sp³-hybridized carbons (Fsp3) is 0.222. The molecule has 0 amide bonds. The van der Waals surface area contributed by atoms with Gasteiger partial charge in [0.2, 0.25) is 0 Å². The lowest BCUT2D eigenvalue weighted by molar-refractivity contribution is -0.210. The third-order valence-electron chi connectivity index (χ3n) is 1.34. The number of hydrogen-bond donors (Lipinski definition) is 0. The Labute approximate surface area is 81.1 Å². The van der Waals surface area contributed by atoms with Crippen LogP contribution in [0, 0.1) is 6.92 Å². The molecule has 3 nitrogen and oxygen atoms in total. The van der Waals surface area contributed by atoms with Gasteiger partial charge in [0.05, 0.1) is 5.02 Å². The third kappa shape index (κ3) is 2.95. The number of carbonyl (C=O) groups excluding carboxylic acids is 1. The van der Waals surface area contributed by atoms with Gasteiger partial charge in [0.1, 0.15) is 0 Å². The molecule has 4 heteroatoms. The lowest BCUT2D eigenvalue weighted by atomic mass is 10.2. The first-order chi connectivity index (χ1) is 6.09. The molecule has 0 radical (unpaired) electrons. The second-order valence-corrected chi connectivity index (χ2v) is 3.00. The van der Waals surface area contributed by atoms with Crippen LogP contribution >= 0.6 is 11.6 Å². The van der Waals surface area contributed by atoms with Crippen LogP contribution in [0.25, 0.3) is 0 Å². The van der Waals surface area contributed by atoms with Crippen LogP contribution in [0.3, 0.4) is 0 Å². The highest BCUT2D eigenvalue weighted by Crippen LogP contribution is 2.25. The number of halogens is 1. The summed E-state index contributed by atoms with van der Waals surface area (Å²) in [5, 5.41) is 0.418. The van der Waals surface area contributed by atoms with E-state index >= 15 is 0 Å². The van der Waals surface area contributed by atoms with Crippen molar-refractivity contribution in [1.29, 1.82) is 0 Å². The van der Waals surface area contributed by atoms with E-state index in [2.05, 4.69) is 9.78 Å². The molecule has 0 spiro atoms. The first-order valence-corrected chi connectivity index (χ1v) is 4.08. The highest BCUT2D eigenvalue weighted by atomic mass is 35.5. The van der Waals surface area contributed by atoms with E-state index < -0.39 is 5.97 Å². The van der Waals surface area contributed by atoms with Crippen molar-refractivity contribution in [1.82, 2.24) is 0 Å². The van der Waals surface area contributed by atoms with Crippen LogP contribution in [-0.2, 0) is 9.68 Å². The average Bonchev–Trinajstić information content (AvgIpc) is 2.02. The van der Waals surface area contributed by atoms with Gasteiger partial charge in [-0.25, -0.2) is 4.79 Å². The number of rotatable bonds is 2. The van der Waals surface area contributed by atoms with Crippen molar-refractivity contribution in [3.05, 3.63) is 28.8 Å². The highest BCUT2D eigenvalue weighted by Gasteiger charge is 2.03. The van der Waals surface area contributed by atoms with Crippen molar-refractivity contribution >= 4 is 17.6 Å². The Balaban J connectivity index is 2.72. The smallest absolute Gasteiger partial charge is 0.285 e. The van der Waals surface area contributed by atoms with Crippen molar-refractivity contribution in [2.24, 2.45) is 0 Å². The van der Waals surface area contributed by atoms with E-state index in [1.54, 1.807) is 12.1 Å². The number of hydrogen-bond acceptors (Lipinski definition) is 3. The van der Waals surface area contributed by atoms with Crippen LogP contribution in [-0.4, -0.2) is 5.97 Å². The second kappa shape index (κ2) is 4.14. The number of aryl methyl sites for hydroxylation is 1. The van der Waals surface area contributed by atoms with Gasteiger partial charge in [0.15, 0.2) is 5.75 Å². The van der Waals surface area contributed by atoms with Crippen LogP contribution in [0.1, 0.15) is 12.5 Å². The summed E-state index contributed by atoms with van der Waals surface area (Å²) in [6.07, 6.45) is 0. The standard InChI is InChI=1S/C9H9ClO3/c1-6-3-4-9(8(10)5-6)13-12-7(2)11/h3-5H,1-2H3. The van der Waals surface area contributed by atoms with Gasteiger partial charge < -0.3 is 0 Å². The van der Waals surface area contributed by atoms with Gasteiger partial charge in [-0.1, -0.05) is 17.7 Å². The molecule has 0 saturated carbocycles. The minimum absolute atomic E-state index is 0.336. The molecule has 0 fully saturated rings. The molecule has 70 valence electrons. The maximum absolute atomic E-state index is 10.4. The van der Waals surface area contributed by atoms with E-state index in [1.165, 1.54) is 6.92 Å². The van der Waals surface area contributed by atoms with Crippen LogP contribution in [0.4, 0.5) is 0 Å². The van der Waals surface area contributed by atoms with Crippen molar-refractivity contribution < 1.29 is 14.6 Å². The lowest BCUT2D eigenvalue weighted by Gasteiger charge is -2.04. The first kappa shape index (κ1) is 9.86. The number of benzene rings is 1. The zero-order valence-electron chi connectivity index (χ0n) is 7.33. The summed E-state index contributed by atoms with van der Waals surface area (Å²) in [5.41, 5.74) is 1.01. The molecule has 0 saturated heterocycles. The Bertz CT molecular complexity index is 323. The molecular weight excluding hydrogens is 192 g/mol. The van der Waals surface area contributed by atoms with Crippen molar-refractivity contribution in [2.75, 3.05) is 0 Å². The van der Waals surface area contributed by atoms with Crippen LogP contribution < -0.4 is 4.89 Å². The fourth-order valence-corrected chi connectivity index (χ4v) is 1.04. The van der Waals surface area contributed by atoms with Gasteiger partial charge in [-0.05, 0) is 24.6 Å². The fourth-order valence-electron chi connectivity index (χ4n) is 0.777. The van der Waals surface area contributed by atoms with Gasteiger partial charge in [-0.15, -0.1) is 0 Å². The predicted molar refractivity (Wildman–Crippen MR) is 48.6 cm³/mol. The monoisotopic (exact) mass is 200 g/mol. The zero-order chi connectivity index (χ0) is 9.84. The van der Waals surface area contributed by atoms with Gasteiger partial charge in [0, 0.05) is 6.92 Å². The molecule has 1 aromatic rings. The van der Waals surface area contributed by atoms with E-state index in [0.29, 0.717) is 10.8 Å². The Morgan fingerprint density at radius 3 is 2.69 bits per heavy atom. The summed E-state index contributed by atoms with van der Waals surface area (Å²) >= 11 is 5.80. The van der Waals surface area contributed by atoms with Crippen molar-refractivity contribution in [3.8, 4) is 5.75 Å². The topological polar surface area (TPSA) is 35.5 Å². The largest absolute Gasteiger partial charge is 0.352 e. The second-order valence-electron chi connectivity index (χ2n) is 2.59. The minimum atomic E-state index is -0.517. The molecule has 0 aliphatic carbocycles. The summed E-state index contributed by atoms with van der Waals surface area (Å²) in [6, 6.07) is 5.17. The van der Waals surface area contributed by atoms with Gasteiger partial charge >= 0.3 is 5.97 Å². The Hall–Kier alpha value is -1.22. The molecule has 0 heterocycles.